The number of benzene rings is 1. The second-order valence-electron chi connectivity index (χ2n) is 6.80. The van der Waals surface area contributed by atoms with Gasteiger partial charge in [-0.05, 0) is 45.4 Å². The van der Waals surface area contributed by atoms with E-state index in [4.69, 9.17) is 9.47 Å². The third-order valence-corrected chi connectivity index (χ3v) is 6.41. The Hall–Kier alpha value is -1.34. The van der Waals surface area contributed by atoms with Gasteiger partial charge in [0.15, 0.2) is 12.7 Å². The number of esters is 1. The van der Waals surface area contributed by atoms with Gasteiger partial charge in [0, 0.05) is 17.0 Å². The molecule has 0 unspecified atom stereocenters. The molecule has 0 spiro atoms. The molecule has 1 heterocycles. The molecule has 2 rings (SSSR count). The summed E-state index contributed by atoms with van der Waals surface area (Å²) >= 11 is 3.89. The molecule has 25 heavy (non-hydrogen) atoms. The van der Waals surface area contributed by atoms with Gasteiger partial charge in [-0.1, -0.05) is 12.1 Å². The number of hydrogen-bond donors (Lipinski definition) is 1. The fraction of sp³-hybridized carbons (Fsp3) is 0.556. The van der Waals surface area contributed by atoms with Gasteiger partial charge in [-0.3, -0.25) is 4.79 Å². The molecule has 0 bridgehead atoms. The maximum atomic E-state index is 11.9. The molecule has 0 saturated carbocycles. The number of carbonyl (C=O) groups is 2. The van der Waals surface area contributed by atoms with Crippen molar-refractivity contribution in [2.24, 2.45) is 0 Å². The van der Waals surface area contributed by atoms with Crippen molar-refractivity contribution in [3.63, 3.8) is 0 Å². The molecule has 0 radical (unpaired) electrons. The number of carbonyl (C=O) groups excluding carboxylic acids is 2. The van der Waals surface area contributed by atoms with E-state index >= 15 is 0 Å². The molecule has 7 heteroatoms. The zero-order valence-corrected chi connectivity index (χ0v) is 16.7. The third-order valence-electron chi connectivity index (χ3n) is 3.31. The van der Waals surface area contributed by atoms with Crippen molar-refractivity contribution in [2.45, 2.75) is 43.9 Å². The number of amides is 1. The SMILES string of the molecule is C[C@@H](OC(=O)COc1ccc(C2SCCS2)cc1)C(=O)NC(C)(C)C. The van der Waals surface area contributed by atoms with Crippen LogP contribution in [0.1, 0.15) is 37.8 Å². The molecule has 5 nitrogen and oxygen atoms in total. The van der Waals surface area contributed by atoms with Crippen molar-refractivity contribution < 1.29 is 19.1 Å². The molecule has 1 aromatic carbocycles. The van der Waals surface area contributed by atoms with Crippen molar-refractivity contribution in [3.05, 3.63) is 29.8 Å². The van der Waals surface area contributed by atoms with E-state index in [1.807, 2.05) is 68.6 Å². The maximum absolute atomic E-state index is 11.9. The Bertz CT molecular complexity index is 592. The van der Waals surface area contributed by atoms with Crippen molar-refractivity contribution in [2.75, 3.05) is 18.1 Å². The van der Waals surface area contributed by atoms with Gasteiger partial charge in [-0.2, -0.15) is 0 Å². The van der Waals surface area contributed by atoms with Crippen molar-refractivity contribution in [1.29, 1.82) is 0 Å². The summed E-state index contributed by atoms with van der Waals surface area (Å²) in [4.78, 5) is 23.7. The van der Waals surface area contributed by atoms with Crippen LogP contribution in [0, 0.1) is 0 Å². The molecule has 1 amide bonds. The summed E-state index contributed by atoms with van der Waals surface area (Å²) in [5.74, 6) is 2.08. The standard InChI is InChI=1S/C18H25NO4S2/c1-12(16(21)19-18(2,3)4)23-15(20)11-22-14-7-5-13(6-8-14)17-24-9-10-25-17/h5-8,12,17H,9-11H2,1-4H3,(H,19,21)/t12-/m1/s1. The second kappa shape index (κ2) is 8.85. The van der Waals surface area contributed by atoms with Crippen molar-refractivity contribution in [1.82, 2.24) is 5.32 Å². The Labute approximate surface area is 157 Å². The first-order chi connectivity index (χ1) is 11.7. The van der Waals surface area contributed by atoms with Gasteiger partial charge in [-0.25, -0.2) is 4.79 Å². The van der Waals surface area contributed by atoms with Crippen LogP contribution in [0.2, 0.25) is 0 Å². The highest BCUT2D eigenvalue weighted by atomic mass is 32.2. The van der Waals surface area contributed by atoms with E-state index in [-0.39, 0.29) is 18.1 Å². The number of nitrogens with one attached hydrogen (secondary N) is 1. The minimum Gasteiger partial charge on any atom is -0.482 e. The van der Waals surface area contributed by atoms with Crippen LogP contribution in [0.15, 0.2) is 24.3 Å². The summed E-state index contributed by atoms with van der Waals surface area (Å²) < 4.78 is 11.0. The zero-order valence-electron chi connectivity index (χ0n) is 15.0. The average molecular weight is 384 g/mol. The largest absolute Gasteiger partial charge is 0.482 e. The first-order valence-electron chi connectivity index (χ1n) is 8.22. The van der Waals surface area contributed by atoms with Crippen LogP contribution in [0.3, 0.4) is 0 Å². The molecule has 1 saturated heterocycles. The fourth-order valence-corrected chi connectivity index (χ4v) is 5.03. The van der Waals surface area contributed by atoms with Crippen LogP contribution >= 0.6 is 23.5 Å². The number of rotatable bonds is 6. The van der Waals surface area contributed by atoms with Crippen LogP contribution in [0.5, 0.6) is 5.75 Å². The first kappa shape index (κ1) is 20.0. The minimum absolute atomic E-state index is 0.223. The van der Waals surface area contributed by atoms with E-state index in [1.54, 1.807) is 6.92 Å². The number of thioether (sulfide) groups is 2. The lowest BCUT2D eigenvalue weighted by atomic mass is 10.1. The van der Waals surface area contributed by atoms with E-state index in [2.05, 4.69) is 5.32 Å². The summed E-state index contributed by atoms with van der Waals surface area (Å²) in [6.07, 6.45) is -0.853. The minimum atomic E-state index is -0.853. The predicted molar refractivity (Wildman–Crippen MR) is 103 cm³/mol. The van der Waals surface area contributed by atoms with E-state index in [1.165, 1.54) is 17.1 Å². The Morgan fingerprint density at radius 2 is 1.80 bits per heavy atom. The van der Waals surface area contributed by atoms with E-state index in [0.29, 0.717) is 10.3 Å². The lowest BCUT2D eigenvalue weighted by molar-refractivity contribution is -0.157. The Morgan fingerprint density at radius 1 is 1.20 bits per heavy atom. The average Bonchev–Trinajstić information content (AvgIpc) is 3.06. The molecule has 0 aliphatic carbocycles. The van der Waals surface area contributed by atoms with Gasteiger partial charge < -0.3 is 14.8 Å². The van der Waals surface area contributed by atoms with Crippen molar-refractivity contribution in [3.8, 4) is 5.75 Å². The molecule has 1 fully saturated rings. The molecule has 1 aliphatic heterocycles. The van der Waals surface area contributed by atoms with Gasteiger partial charge in [0.2, 0.25) is 0 Å². The second-order valence-corrected chi connectivity index (χ2v) is 9.53. The molecule has 1 aromatic rings. The summed E-state index contributed by atoms with van der Waals surface area (Å²) in [7, 11) is 0. The van der Waals surface area contributed by atoms with Gasteiger partial charge in [0.05, 0.1) is 4.58 Å². The van der Waals surface area contributed by atoms with E-state index < -0.39 is 12.1 Å². The van der Waals surface area contributed by atoms with Crippen LogP contribution in [0.4, 0.5) is 0 Å². The predicted octanol–water partition coefficient (Wildman–Crippen LogP) is 3.39. The summed E-state index contributed by atoms with van der Waals surface area (Å²) in [6, 6.07) is 7.77. The summed E-state index contributed by atoms with van der Waals surface area (Å²) in [6.45, 7) is 6.93. The lowest BCUT2D eigenvalue weighted by Gasteiger charge is -2.23. The molecule has 1 N–H and O–H groups in total. The molecular formula is C18H25NO4S2. The van der Waals surface area contributed by atoms with Gasteiger partial charge in [0.25, 0.3) is 5.91 Å². The monoisotopic (exact) mass is 383 g/mol. The Balaban J connectivity index is 1.76. The molecule has 1 atom stereocenters. The molecule has 1 aliphatic rings. The summed E-state index contributed by atoms with van der Waals surface area (Å²) in [5.41, 5.74) is 0.890. The highest BCUT2D eigenvalue weighted by Crippen LogP contribution is 2.45. The van der Waals surface area contributed by atoms with Crippen LogP contribution in [-0.4, -0.2) is 41.6 Å². The van der Waals surface area contributed by atoms with E-state index in [0.717, 1.165) is 0 Å². The van der Waals surface area contributed by atoms with Crippen LogP contribution in [-0.2, 0) is 14.3 Å². The van der Waals surface area contributed by atoms with Gasteiger partial charge in [-0.15, -0.1) is 23.5 Å². The highest BCUT2D eigenvalue weighted by molar-refractivity contribution is 8.19. The quantitative estimate of drug-likeness (QED) is 0.760. The summed E-state index contributed by atoms with van der Waals surface area (Å²) in [5, 5.41) is 2.77. The normalized spacial score (nSPS) is 16.3. The van der Waals surface area contributed by atoms with Crippen LogP contribution < -0.4 is 10.1 Å². The van der Waals surface area contributed by atoms with Gasteiger partial charge >= 0.3 is 5.97 Å². The number of ether oxygens (including phenoxy) is 2. The maximum Gasteiger partial charge on any atom is 0.344 e. The van der Waals surface area contributed by atoms with Crippen LogP contribution in [0.25, 0.3) is 0 Å². The molecule has 138 valence electrons. The van der Waals surface area contributed by atoms with Crippen molar-refractivity contribution >= 4 is 35.4 Å². The highest BCUT2D eigenvalue weighted by Gasteiger charge is 2.22. The van der Waals surface area contributed by atoms with E-state index in [9.17, 15) is 9.59 Å². The molecule has 0 aromatic heterocycles. The lowest BCUT2D eigenvalue weighted by Crippen LogP contribution is -2.46. The first-order valence-corrected chi connectivity index (χ1v) is 10.3. The smallest absolute Gasteiger partial charge is 0.344 e. The number of hydrogen-bond acceptors (Lipinski definition) is 6. The topological polar surface area (TPSA) is 64.6 Å². The van der Waals surface area contributed by atoms with Gasteiger partial charge in [0.1, 0.15) is 5.75 Å². The Kier molecular flexibility index (Phi) is 7.07. The Morgan fingerprint density at radius 3 is 2.36 bits per heavy atom. The molecular weight excluding hydrogens is 358 g/mol. The zero-order chi connectivity index (χ0) is 18.4. The fourth-order valence-electron chi connectivity index (χ4n) is 2.17. The third kappa shape index (κ3) is 6.82.